The minimum absolute atomic E-state index is 0.115. The van der Waals surface area contributed by atoms with Crippen LogP contribution in [0.3, 0.4) is 0 Å². The second-order valence-corrected chi connectivity index (χ2v) is 13.7. The van der Waals surface area contributed by atoms with E-state index in [1.807, 2.05) is 13.8 Å². The van der Waals surface area contributed by atoms with Crippen LogP contribution < -0.4 is 0 Å². The van der Waals surface area contributed by atoms with E-state index in [0.717, 1.165) is 5.57 Å². The molecule has 0 radical (unpaired) electrons. The lowest BCUT2D eigenvalue weighted by atomic mass is 9.45. The Morgan fingerprint density at radius 1 is 1.11 bits per heavy atom. The van der Waals surface area contributed by atoms with Crippen molar-refractivity contribution >= 4 is 11.8 Å². The second-order valence-electron chi connectivity index (χ2n) is 13.7. The first-order valence-electron chi connectivity index (χ1n) is 13.8. The van der Waals surface area contributed by atoms with Crippen LogP contribution in [0, 0.1) is 28.6 Å². The van der Waals surface area contributed by atoms with Crippen molar-refractivity contribution < 1.29 is 39.9 Å². The van der Waals surface area contributed by atoms with Crippen molar-refractivity contribution in [3.05, 3.63) is 11.6 Å². The Kier molecular flexibility index (Phi) is 7.07. The molecule has 8 nitrogen and oxygen atoms in total. The summed E-state index contributed by atoms with van der Waals surface area (Å²) in [5, 5.41) is 53.9. The molecule has 10 atom stereocenters. The third-order valence-electron chi connectivity index (χ3n) is 10.8. The topological polar surface area (TPSA) is 145 Å². The van der Waals surface area contributed by atoms with Gasteiger partial charge < -0.3 is 30.3 Å². The summed E-state index contributed by atoms with van der Waals surface area (Å²) in [4.78, 5) is 26.1. The molecule has 8 heteroatoms. The fraction of sp³-hybridized carbons (Fsp3) is 0.862. The van der Waals surface area contributed by atoms with Crippen LogP contribution >= 0.6 is 0 Å². The molecule has 5 N–H and O–H groups in total. The van der Waals surface area contributed by atoms with Gasteiger partial charge in [-0.05, 0) is 101 Å². The van der Waals surface area contributed by atoms with Crippen LogP contribution in [0.2, 0.25) is 0 Å². The van der Waals surface area contributed by atoms with E-state index in [4.69, 9.17) is 4.74 Å². The second kappa shape index (κ2) is 9.12. The zero-order valence-electron chi connectivity index (χ0n) is 23.2. The van der Waals surface area contributed by atoms with Crippen LogP contribution in [0.25, 0.3) is 0 Å². The number of carbonyl (C=O) groups excluding carboxylic acids is 2. The number of ketones is 1. The lowest BCUT2D eigenvalue weighted by molar-refractivity contribution is -0.196. The van der Waals surface area contributed by atoms with E-state index in [2.05, 4.69) is 0 Å². The Balaban J connectivity index is 1.76. The van der Waals surface area contributed by atoms with Crippen molar-refractivity contribution in [3.8, 4) is 0 Å². The molecule has 0 heterocycles. The van der Waals surface area contributed by atoms with Gasteiger partial charge in [0.2, 0.25) is 0 Å². The number of allylic oxidation sites excluding steroid dienone is 1. The molecule has 0 spiro atoms. The van der Waals surface area contributed by atoms with Gasteiger partial charge in [-0.1, -0.05) is 13.8 Å². The normalized spacial score (nSPS) is 44.1. The predicted molar refractivity (Wildman–Crippen MR) is 136 cm³/mol. The third kappa shape index (κ3) is 4.41. The van der Waals surface area contributed by atoms with E-state index >= 15 is 0 Å². The number of fused-ring (bicyclic) bond motifs is 5. The largest absolute Gasteiger partial charge is 0.454 e. The summed E-state index contributed by atoms with van der Waals surface area (Å²) in [7, 11) is 0. The van der Waals surface area contributed by atoms with Crippen molar-refractivity contribution in [2.24, 2.45) is 28.6 Å². The molecule has 0 aliphatic heterocycles. The van der Waals surface area contributed by atoms with Crippen LogP contribution in [0.4, 0.5) is 0 Å². The summed E-state index contributed by atoms with van der Waals surface area (Å²) in [6.07, 6.45) is 1.91. The average Bonchev–Trinajstić information content (AvgIpc) is 3.06. The number of rotatable bonds is 6. The summed E-state index contributed by atoms with van der Waals surface area (Å²) in [5.74, 6) is -1.53. The highest BCUT2D eigenvalue weighted by Crippen LogP contribution is 2.70. The average molecular weight is 523 g/mol. The van der Waals surface area contributed by atoms with Crippen molar-refractivity contribution in [1.29, 1.82) is 0 Å². The third-order valence-corrected chi connectivity index (χ3v) is 10.8. The number of hydrogen-bond donors (Lipinski definition) is 5. The Hall–Kier alpha value is -1.32. The Morgan fingerprint density at radius 3 is 2.35 bits per heavy atom. The van der Waals surface area contributed by atoms with E-state index in [0.29, 0.717) is 32.1 Å². The molecule has 210 valence electrons. The summed E-state index contributed by atoms with van der Waals surface area (Å²) in [6, 6.07) is 0. The summed E-state index contributed by atoms with van der Waals surface area (Å²) in [6.45, 7) is 10.3. The number of hydrogen-bond acceptors (Lipinski definition) is 8. The molecule has 3 saturated carbocycles. The minimum atomic E-state index is -1.51. The number of aliphatic hydroxyl groups is 5. The van der Waals surface area contributed by atoms with Crippen molar-refractivity contribution in [2.45, 2.75) is 128 Å². The van der Waals surface area contributed by atoms with Gasteiger partial charge in [-0.2, -0.15) is 0 Å². The quantitative estimate of drug-likeness (QED) is 0.335. The van der Waals surface area contributed by atoms with Gasteiger partial charge >= 0.3 is 5.97 Å². The maximum atomic E-state index is 13.5. The van der Waals surface area contributed by atoms with Crippen molar-refractivity contribution in [2.75, 3.05) is 0 Å². The van der Waals surface area contributed by atoms with Gasteiger partial charge in [0.05, 0.1) is 29.5 Å². The standard InChI is InChI=1S/C29H46O8/c1-16(30)37-29-12-8-23(28(6,36)24(34)9-10-25(2,3)35)27(29,5)11-7-17-18(29)13-20(31)19-14-21(32)22(33)15-26(17,19)4/h13,17,19,21-24,32-36H,7-12,14-15H2,1-6H3/t17-,19-,21+,22-,23-,24+,26+,27+,28+,29+/m0/s1. The highest BCUT2D eigenvalue weighted by atomic mass is 16.6. The van der Waals surface area contributed by atoms with Crippen LogP contribution in [0.5, 0.6) is 0 Å². The van der Waals surface area contributed by atoms with Gasteiger partial charge in [0.1, 0.15) is 5.60 Å². The molecule has 4 aliphatic carbocycles. The monoisotopic (exact) mass is 522 g/mol. The molecule has 0 aromatic carbocycles. The van der Waals surface area contributed by atoms with Gasteiger partial charge in [-0.25, -0.2) is 0 Å². The molecular weight excluding hydrogens is 476 g/mol. The molecule has 4 rings (SSSR count). The van der Waals surface area contributed by atoms with Gasteiger partial charge in [0.15, 0.2) is 5.78 Å². The fourth-order valence-electron chi connectivity index (χ4n) is 8.77. The summed E-state index contributed by atoms with van der Waals surface area (Å²) in [5.41, 5.74) is -4.17. The van der Waals surface area contributed by atoms with Crippen molar-refractivity contribution in [3.63, 3.8) is 0 Å². The van der Waals surface area contributed by atoms with Gasteiger partial charge in [-0.15, -0.1) is 0 Å². The van der Waals surface area contributed by atoms with Crippen LogP contribution in [-0.4, -0.2) is 72.4 Å². The summed E-state index contributed by atoms with van der Waals surface area (Å²) >= 11 is 0. The number of esters is 1. The summed E-state index contributed by atoms with van der Waals surface area (Å²) < 4.78 is 6.21. The SMILES string of the molecule is CC(=O)O[C@@]12CC[C@H]([C@@](C)(O)[C@H](O)CCC(C)(C)O)[C@@]1(C)CC[C@H]1C2=CC(=O)[C@@H]2C[C@@H](O)[C@@H](O)C[C@@]21C. The Labute approximate surface area is 220 Å². The molecular formula is C29H46O8. The zero-order chi connectivity index (χ0) is 27.8. The first-order valence-corrected chi connectivity index (χ1v) is 13.8. The molecule has 0 saturated heterocycles. The molecule has 0 aromatic rings. The smallest absolute Gasteiger partial charge is 0.303 e. The Bertz CT molecular complexity index is 965. The number of aliphatic hydroxyl groups excluding tert-OH is 3. The Morgan fingerprint density at radius 2 is 1.76 bits per heavy atom. The molecule has 4 aliphatic rings. The van der Waals surface area contributed by atoms with E-state index in [1.165, 1.54) is 6.92 Å². The molecule has 37 heavy (non-hydrogen) atoms. The lowest BCUT2D eigenvalue weighted by Gasteiger charge is -2.61. The van der Waals surface area contributed by atoms with Gasteiger partial charge in [0, 0.05) is 18.3 Å². The van der Waals surface area contributed by atoms with E-state index in [1.54, 1.807) is 26.8 Å². The number of carbonyl (C=O) groups is 2. The van der Waals surface area contributed by atoms with E-state index in [9.17, 15) is 35.1 Å². The number of ether oxygens (including phenoxy) is 1. The van der Waals surface area contributed by atoms with Crippen LogP contribution in [0.1, 0.15) is 92.9 Å². The highest BCUT2D eigenvalue weighted by molar-refractivity contribution is 5.95. The van der Waals surface area contributed by atoms with Crippen LogP contribution in [0.15, 0.2) is 11.6 Å². The van der Waals surface area contributed by atoms with Crippen molar-refractivity contribution in [1.82, 2.24) is 0 Å². The zero-order valence-corrected chi connectivity index (χ0v) is 23.2. The molecule has 0 aromatic heterocycles. The lowest BCUT2D eigenvalue weighted by Crippen LogP contribution is -2.63. The molecule has 0 amide bonds. The van der Waals surface area contributed by atoms with Crippen LogP contribution in [-0.2, 0) is 14.3 Å². The first-order chi connectivity index (χ1) is 16.9. The van der Waals surface area contributed by atoms with E-state index < -0.39 is 63.8 Å². The maximum Gasteiger partial charge on any atom is 0.303 e. The fourth-order valence-corrected chi connectivity index (χ4v) is 8.77. The molecule has 0 bridgehead atoms. The molecule has 3 fully saturated rings. The predicted octanol–water partition coefficient (Wildman–Crippen LogP) is 2.42. The first kappa shape index (κ1) is 28.7. The van der Waals surface area contributed by atoms with E-state index in [-0.39, 0.29) is 31.0 Å². The maximum absolute atomic E-state index is 13.5. The van der Waals surface area contributed by atoms with Gasteiger partial charge in [0.25, 0.3) is 0 Å². The highest BCUT2D eigenvalue weighted by Gasteiger charge is 2.71. The van der Waals surface area contributed by atoms with Gasteiger partial charge in [-0.3, -0.25) is 9.59 Å². The minimum Gasteiger partial charge on any atom is -0.454 e. The molecule has 0 unspecified atom stereocenters.